The first-order valence-corrected chi connectivity index (χ1v) is 10.8. The summed E-state index contributed by atoms with van der Waals surface area (Å²) in [6.07, 6.45) is 6.73. The Hall–Kier alpha value is -4.54. The molecule has 3 N–H and O–H groups in total. The summed E-state index contributed by atoms with van der Waals surface area (Å²) in [5, 5.41) is 13.7. The van der Waals surface area contributed by atoms with Gasteiger partial charge in [-0.2, -0.15) is 10.1 Å². The summed E-state index contributed by atoms with van der Waals surface area (Å²) >= 11 is 0. The number of ether oxygens (including phenoxy) is 1. The molecule has 172 valence electrons. The second kappa shape index (κ2) is 9.14. The summed E-state index contributed by atoms with van der Waals surface area (Å²) in [7, 11) is 3.37. The van der Waals surface area contributed by atoms with Crippen LogP contribution in [0, 0.1) is 0 Å². The third-order valence-electron chi connectivity index (χ3n) is 5.16. The molecule has 11 heteroatoms. The van der Waals surface area contributed by atoms with E-state index in [0.29, 0.717) is 46.0 Å². The monoisotopic (exact) mass is 457 g/mol. The van der Waals surface area contributed by atoms with Crippen molar-refractivity contribution in [3.8, 4) is 17.1 Å². The van der Waals surface area contributed by atoms with Gasteiger partial charge in [-0.3, -0.25) is 9.48 Å². The van der Waals surface area contributed by atoms with Gasteiger partial charge in [0.15, 0.2) is 11.6 Å². The van der Waals surface area contributed by atoms with Crippen molar-refractivity contribution in [1.29, 1.82) is 0 Å². The first-order chi connectivity index (χ1) is 16.6. The third kappa shape index (κ3) is 4.63. The van der Waals surface area contributed by atoms with Gasteiger partial charge in [-0.1, -0.05) is 12.1 Å². The van der Waals surface area contributed by atoms with Crippen LogP contribution < -0.4 is 20.7 Å². The minimum absolute atomic E-state index is 0.194. The van der Waals surface area contributed by atoms with E-state index in [0.717, 1.165) is 12.8 Å². The highest BCUT2D eigenvalue weighted by atomic mass is 16.5. The predicted molar refractivity (Wildman–Crippen MR) is 126 cm³/mol. The standard InChI is InChI=1S/C23H23N9O2/c1-32-13-26-20(31-32)15-6-5-7-17(19(15)34-2)28-21-16(22(33)27-14-9-10-14)12-25-23(30-21)29-18-8-3-4-11-24-18/h3-8,11-14H,9-10H2,1-2H3,(H,27,33)(H2,24,25,28,29,30). The lowest BCUT2D eigenvalue weighted by molar-refractivity contribution is 0.0951. The van der Waals surface area contributed by atoms with Crippen LogP contribution in [-0.2, 0) is 7.05 Å². The second-order valence-corrected chi connectivity index (χ2v) is 7.80. The van der Waals surface area contributed by atoms with Gasteiger partial charge in [-0.25, -0.2) is 15.0 Å². The van der Waals surface area contributed by atoms with Crippen molar-refractivity contribution in [2.75, 3.05) is 17.7 Å². The normalized spacial score (nSPS) is 12.8. The fourth-order valence-corrected chi connectivity index (χ4v) is 3.37. The number of carbonyl (C=O) groups is 1. The summed E-state index contributed by atoms with van der Waals surface area (Å²) in [5.74, 6) is 2.03. The lowest BCUT2D eigenvalue weighted by atomic mass is 10.1. The Kier molecular flexibility index (Phi) is 5.73. The maximum absolute atomic E-state index is 12.9. The molecule has 1 aromatic carbocycles. The molecule has 0 spiro atoms. The second-order valence-electron chi connectivity index (χ2n) is 7.80. The number of benzene rings is 1. The third-order valence-corrected chi connectivity index (χ3v) is 5.16. The van der Waals surface area contributed by atoms with Crippen LogP contribution in [0.5, 0.6) is 5.75 Å². The molecule has 3 heterocycles. The molecular formula is C23H23N9O2. The van der Waals surface area contributed by atoms with Crippen LogP contribution in [0.4, 0.5) is 23.3 Å². The summed E-state index contributed by atoms with van der Waals surface area (Å²) in [5.41, 5.74) is 1.63. The molecule has 0 saturated heterocycles. The van der Waals surface area contributed by atoms with E-state index < -0.39 is 0 Å². The van der Waals surface area contributed by atoms with Gasteiger partial charge in [-0.05, 0) is 37.1 Å². The number of para-hydroxylation sites is 1. The van der Waals surface area contributed by atoms with E-state index in [1.807, 2.05) is 30.3 Å². The molecule has 1 fully saturated rings. The zero-order valence-corrected chi connectivity index (χ0v) is 18.7. The van der Waals surface area contributed by atoms with Crippen LogP contribution in [-0.4, -0.2) is 48.8 Å². The average molecular weight is 457 g/mol. The SMILES string of the molecule is COc1c(Nc2nc(Nc3ccccn3)ncc2C(=O)NC2CC2)cccc1-c1ncn(C)n1. The quantitative estimate of drug-likeness (QED) is 0.365. The summed E-state index contributed by atoms with van der Waals surface area (Å²) < 4.78 is 7.31. The minimum Gasteiger partial charge on any atom is -0.494 e. The number of pyridine rings is 1. The Morgan fingerprint density at radius 1 is 1.09 bits per heavy atom. The molecule has 11 nitrogen and oxygen atoms in total. The molecule has 0 bridgehead atoms. The molecule has 4 aromatic rings. The maximum atomic E-state index is 12.9. The van der Waals surface area contributed by atoms with Crippen molar-refractivity contribution in [1.82, 2.24) is 35.0 Å². The number of rotatable bonds is 8. The number of nitrogens with zero attached hydrogens (tertiary/aromatic N) is 6. The van der Waals surface area contributed by atoms with Gasteiger partial charge in [0, 0.05) is 25.5 Å². The van der Waals surface area contributed by atoms with Crippen LogP contribution in [0.3, 0.4) is 0 Å². The number of carbonyl (C=O) groups excluding carboxylic acids is 1. The number of hydrogen-bond acceptors (Lipinski definition) is 9. The molecule has 0 unspecified atom stereocenters. The molecule has 1 aliphatic carbocycles. The van der Waals surface area contributed by atoms with Gasteiger partial charge in [0.2, 0.25) is 5.95 Å². The number of aromatic nitrogens is 6. The van der Waals surface area contributed by atoms with Crippen molar-refractivity contribution in [2.45, 2.75) is 18.9 Å². The Morgan fingerprint density at radius 3 is 2.68 bits per heavy atom. The van der Waals surface area contributed by atoms with Gasteiger partial charge in [0.25, 0.3) is 5.91 Å². The van der Waals surface area contributed by atoms with Crippen molar-refractivity contribution >= 4 is 29.2 Å². The lowest BCUT2D eigenvalue weighted by Gasteiger charge is -2.16. The van der Waals surface area contributed by atoms with E-state index >= 15 is 0 Å². The Labute approximate surface area is 195 Å². The molecule has 0 radical (unpaired) electrons. The number of hydrogen-bond donors (Lipinski definition) is 3. The fourth-order valence-electron chi connectivity index (χ4n) is 3.37. The van der Waals surface area contributed by atoms with E-state index in [4.69, 9.17) is 4.74 Å². The number of nitrogens with one attached hydrogen (secondary N) is 3. The van der Waals surface area contributed by atoms with Gasteiger partial charge in [-0.15, -0.1) is 0 Å². The van der Waals surface area contributed by atoms with Gasteiger partial charge in [0.05, 0.1) is 18.4 Å². The summed E-state index contributed by atoms with van der Waals surface area (Å²) in [6, 6.07) is 11.2. The van der Waals surface area contributed by atoms with Crippen molar-refractivity contribution in [3.63, 3.8) is 0 Å². The van der Waals surface area contributed by atoms with Crippen LogP contribution in [0.1, 0.15) is 23.2 Å². The Balaban J connectivity index is 1.52. The topological polar surface area (TPSA) is 132 Å². The largest absolute Gasteiger partial charge is 0.494 e. The van der Waals surface area contributed by atoms with Crippen LogP contribution in [0.25, 0.3) is 11.4 Å². The van der Waals surface area contributed by atoms with E-state index in [-0.39, 0.29) is 11.9 Å². The van der Waals surface area contributed by atoms with Crippen molar-refractivity contribution in [3.05, 3.63) is 60.7 Å². The number of aryl methyl sites for hydroxylation is 1. The van der Waals surface area contributed by atoms with Crippen LogP contribution >= 0.6 is 0 Å². The van der Waals surface area contributed by atoms with E-state index in [9.17, 15) is 4.79 Å². The van der Waals surface area contributed by atoms with E-state index in [1.165, 1.54) is 6.20 Å². The first-order valence-electron chi connectivity index (χ1n) is 10.8. The van der Waals surface area contributed by atoms with E-state index in [2.05, 4.69) is 41.0 Å². The fraction of sp³-hybridized carbons (Fsp3) is 0.217. The molecule has 3 aromatic heterocycles. The molecule has 0 aliphatic heterocycles. The first kappa shape index (κ1) is 21.3. The molecule has 34 heavy (non-hydrogen) atoms. The molecule has 1 saturated carbocycles. The average Bonchev–Trinajstić information content (AvgIpc) is 3.56. The minimum atomic E-state index is -0.240. The number of methoxy groups -OCH3 is 1. The number of amides is 1. The highest BCUT2D eigenvalue weighted by molar-refractivity contribution is 6.00. The highest BCUT2D eigenvalue weighted by Crippen LogP contribution is 2.36. The summed E-state index contributed by atoms with van der Waals surface area (Å²) in [6.45, 7) is 0. The highest BCUT2D eigenvalue weighted by Gasteiger charge is 2.26. The van der Waals surface area contributed by atoms with E-state index in [1.54, 1.807) is 37.4 Å². The molecule has 5 rings (SSSR count). The zero-order valence-electron chi connectivity index (χ0n) is 18.7. The predicted octanol–water partition coefficient (Wildman–Crippen LogP) is 3.06. The molecule has 0 atom stereocenters. The van der Waals surface area contributed by atoms with Crippen molar-refractivity contribution < 1.29 is 9.53 Å². The van der Waals surface area contributed by atoms with Crippen molar-refractivity contribution in [2.24, 2.45) is 7.05 Å². The number of anilines is 4. The Morgan fingerprint density at radius 2 is 1.97 bits per heavy atom. The maximum Gasteiger partial charge on any atom is 0.256 e. The lowest BCUT2D eigenvalue weighted by Crippen LogP contribution is -2.26. The molecule has 1 aliphatic rings. The zero-order chi connectivity index (χ0) is 23.5. The van der Waals surface area contributed by atoms with Gasteiger partial charge < -0.3 is 20.7 Å². The Bertz CT molecular complexity index is 1320. The smallest absolute Gasteiger partial charge is 0.256 e. The van der Waals surface area contributed by atoms with Crippen LogP contribution in [0.15, 0.2) is 55.1 Å². The van der Waals surface area contributed by atoms with Gasteiger partial charge >= 0.3 is 0 Å². The molecular weight excluding hydrogens is 434 g/mol. The van der Waals surface area contributed by atoms with Gasteiger partial charge in [0.1, 0.15) is 23.5 Å². The summed E-state index contributed by atoms with van der Waals surface area (Å²) in [4.78, 5) is 30.4. The van der Waals surface area contributed by atoms with Crippen LogP contribution in [0.2, 0.25) is 0 Å². The molecule has 1 amide bonds.